The molecule has 1 heterocycles. The third-order valence-corrected chi connectivity index (χ3v) is 3.64. The van der Waals surface area contributed by atoms with Gasteiger partial charge in [-0.25, -0.2) is 0 Å². The number of amides is 1. The van der Waals surface area contributed by atoms with Crippen LogP contribution in [0, 0.1) is 0 Å². The Hall–Kier alpha value is -2.66. The summed E-state index contributed by atoms with van der Waals surface area (Å²) in [6.07, 6.45) is 3.13. The number of halogens is 1. The van der Waals surface area contributed by atoms with Crippen molar-refractivity contribution in [3.8, 4) is 17.2 Å². The largest absolute Gasteiger partial charge is 0.493 e. The van der Waals surface area contributed by atoms with Crippen LogP contribution in [-0.2, 0) is 4.79 Å². The van der Waals surface area contributed by atoms with E-state index in [1.54, 1.807) is 43.5 Å². The molecule has 0 atom stereocenters. The first kappa shape index (κ1) is 16.2. The fraction of sp³-hybridized carbons (Fsp3) is 0.167. The highest BCUT2D eigenvalue weighted by Gasteiger charge is 2.17. The highest BCUT2D eigenvalue weighted by molar-refractivity contribution is 6.30. The fourth-order valence-electron chi connectivity index (χ4n) is 2.28. The number of hydrogen-bond acceptors (Lipinski definition) is 4. The van der Waals surface area contributed by atoms with Crippen LogP contribution in [0.4, 0.5) is 5.69 Å². The Morgan fingerprint density at radius 2 is 1.96 bits per heavy atom. The fourth-order valence-corrected chi connectivity index (χ4v) is 2.40. The van der Waals surface area contributed by atoms with Gasteiger partial charge in [0.15, 0.2) is 11.5 Å². The van der Waals surface area contributed by atoms with E-state index in [2.05, 4.69) is 5.32 Å². The predicted octanol–water partition coefficient (Wildman–Crippen LogP) is 3.77. The van der Waals surface area contributed by atoms with Gasteiger partial charge in [0.05, 0.1) is 7.11 Å². The molecule has 2 aromatic rings. The zero-order valence-electron chi connectivity index (χ0n) is 13.0. The zero-order valence-corrected chi connectivity index (χ0v) is 13.8. The van der Waals surface area contributed by atoms with Crippen molar-refractivity contribution in [1.29, 1.82) is 0 Å². The molecule has 2 aromatic carbocycles. The summed E-state index contributed by atoms with van der Waals surface area (Å²) in [6, 6.07) is 10.5. The highest BCUT2D eigenvalue weighted by atomic mass is 35.5. The molecule has 0 radical (unpaired) electrons. The van der Waals surface area contributed by atoms with Gasteiger partial charge in [0, 0.05) is 16.8 Å². The Kier molecular flexibility index (Phi) is 4.91. The summed E-state index contributed by atoms with van der Waals surface area (Å²) < 4.78 is 16.4. The van der Waals surface area contributed by atoms with Crippen LogP contribution in [0.15, 0.2) is 42.5 Å². The van der Waals surface area contributed by atoms with Crippen LogP contribution in [0.1, 0.15) is 5.56 Å². The number of carbonyl (C=O) groups excluding carboxylic acids is 1. The lowest BCUT2D eigenvalue weighted by Crippen LogP contribution is -2.16. The van der Waals surface area contributed by atoms with E-state index in [9.17, 15) is 4.79 Å². The summed E-state index contributed by atoms with van der Waals surface area (Å²) in [6.45, 7) is 0.975. The molecule has 5 nitrogen and oxygen atoms in total. The number of benzene rings is 2. The van der Waals surface area contributed by atoms with E-state index < -0.39 is 0 Å². The standard InChI is InChI=1S/C18H16ClNO4/c1-22-15-10-12(11-16-18(15)24-9-8-23-16)2-7-17(21)20-14-5-3-13(19)4-6-14/h2-7,10-11H,8-9H2,1H3,(H,20,21). The monoisotopic (exact) mass is 345 g/mol. The van der Waals surface area contributed by atoms with Crippen molar-refractivity contribution in [2.24, 2.45) is 0 Å². The second-order valence-corrected chi connectivity index (χ2v) is 5.51. The zero-order chi connectivity index (χ0) is 16.9. The summed E-state index contributed by atoms with van der Waals surface area (Å²) in [5, 5.41) is 3.38. The molecular weight excluding hydrogens is 330 g/mol. The van der Waals surface area contributed by atoms with E-state index in [-0.39, 0.29) is 5.91 Å². The first-order chi connectivity index (χ1) is 11.7. The van der Waals surface area contributed by atoms with Crippen molar-refractivity contribution in [2.75, 3.05) is 25.6 Å². The van der Waals surface area contributed by atoms with Gasteiger partial charge in [-0.05, 0) is 48.0 Å². The molecule has 0 saturated heterocycles. The Balaban J connectivity index is 1.73. The SMILES string of the molecule is COc1cc(C=CC(=O)Nc2ccc(Cl)cc2)cc2c1OCCO2. The maximum absolute atomic E-state index is 12.0. The number of hydrogen-bond donors (Lipinski definition) is 1. The Labute approximate surface area is 144 Å². The van der Waals surface area contributed by atoms with E-state index in [4.69, 9.17) is 25.8 Å². The molecule has 0 unspecified atom stereocenters. The van der Waals surface area contributed by atoms with Gasteiger partial charge in [0.1, 0.15) is 13.2 Å². The van der Waals surface area contributed by atoms with Gasteiger partial charge >= 0.3 is 0 Å². The van der Waals surface area contributed by atoms with Gasteiger partial charge in [-0.15, -0.1) is 0 Å². The minimum atomic E-state index is -0.244. The number of ether oxygens (including phenoxy) is 3. The third-order valence-electron chi connectivity index (χ3n) is 3.39. The summed E-state index contributed by atoms with van der Waals surface area (Å²) in [5.74, 6) is 1.53. The van der Waals surface area contributed by atoms with E-state index in [1.165, 1.54) is 6.08 Å². The molecule has 1 N–H and O–H groups in total. The van der Waals surface area contributed by atoms with Crippen LogP contribution < -0.4 is 19.5 Å². The van der Waals surface area contributed by atoms with Crippen molar-refractivity contribution >= 4 is 29.3 Å². The van der Waals surface area contributed by atoms with Crippen molar-refractivity contribution in [1.82, 2.24) is 0 Å². The molecule has 124 valence electrons. The maximum Gasteiger partial charge on any atom is 0.248 e. The quantitative estimate of drug-likeness (QED) is 0.857. The van der Waals surface area contributed by atoms with E-state index in [1.807, 2.05) is 6.07 Å². The maximum atomic E-state index is 12.0. The minimum absolute atomic E-state index is 0.244. The molecule has 0 fully saturated rings. The van der Waals surface area contributed by atoms with Crippen molar-refractivity contribution < 1.29 is 19.0 Å². The molecule has 0 saturated carbocycles. The number of nitrogens with one attached hydrogen (secondary N) is 1. The molecule has 24 heavy (non-hydrogen) atoms. The number of carbonyl (C=O) groups is 1. The van der Waals surface area contributed by atoms with Crippen LogP contribution >= 0.6 is 11.6 Å². The Morgan fingerprint density at radius 3 is 2.71 bits per heavy atom. The third kappa shape index (κ3) is 3.81. The van der Waals surface area contributed by atoms with Gasteiger partial charge in [-0.1, -0.05) is 11.6 Å². The normalized spacial score (nSPS) is 12.9. The summed E-state index contributed by atoms with van der Waals surface area (Å²) >= 11 is 5.82. The molecule has 6 heteroatoms. The molecule has 0 spiro atoms. The number of rotatable bonds is 4. The second kappa shape index (κ2) is 7.27. The molecular formula is C18H16ClNO4. The van der Waals surface area contributed by atoms with E-state index in [0.717, 1.165) is 5.56 Å². The lowest BCUT2D eigenvalue weighted by molar-refractivity contribution is -0.111. The lowest BCUT2D eigenvalue weighted by Gasteiger charge is -2.20. The average molecular weight is 346 g/mol. The van der Waals surface area contributed by atoms with E-state index in [0.29, 0.717) is 41.2 Å². The van der Waals surface area contributed by atoms with Crippen molar-refractivity contribution in [3.05, 3.63) is 53.1 Å². The molecule has 1 aliphatic heterocycles. The first-order valence-corrected chi connectivity index (χ1v) is 7.76. The molecule has 1 amide bonds. The smallest absolute Gasteiger partial charge is 0.248 e. The average Bonchev–Trinajstić information content (AvgIpc) is 2.61. The molecule has 0 aromatic heterocycles. The number of fused-ring (bicyclic) bond motifs is 1. The second-order valence-electron chi connectivity index (χ2n) is 5.08. The van der Waals surface area contributed by atoms with Crippen molar-refractivity contribution in [3.63, 3.8) is 0 Å². The molecule has 1 aliphatic rings. The minimum Gasteiger partial charge on any atom is -0.493 e. The Morgan fingerprint density at radius 1 is 1.21 bits per heavy atom. The van der Waals surface area contributed by atoms with Gasteiger partial charge in [-0.2, -0.15) is 0 Å². The number of methoxy groups -OCH3 is 1. The number of anilines is 1. The summed E-state index contributed by atoms with van der Waals surface area (Å²) in [5.41, 5.74) is 1.45. The molecule has 3 rings (SSSR count). The highest BCUT2D eigenvalue weighted by Crippen LogP contribution is 2.40. The summed E-state index contributed by atoms with van der Waals surface area (Å²) in [4.78, 5) is 12.0. The molecule has 0 bridgehead atoms. The van der Waals surface area contributed by atoms with Gasteiger partial charge in [0.2, 0.25) is 11.7 Å². The Bertz CT molecular complexity index is 754. The van der Waals surface area contributed by atoms with Crippen LogP contribution in [0.2, 0.25) is 5.02 Å². The topological polar surface area (TPSA) is 56.8 Å². The molecule has 0 aliphatic carbocycles. The van der Waals surface area contributed by atoms with Crippen LogP contribution in [0.3, 0.4) is 0 Å². The van der Waals surface area contributed by atoms with Crippen molar-refractivity contribution in [2.45, 2.75) is 0 Å². The first-order valence-electron chi connectivity index (χ1n) is 7.38. The van der Waals surface area contributed by atoms with E-state index >= 15 is 0 Å². The van der Waals surface area contributed by atoms with Crippen LogP contribution in [-0.4, -0.2) is 26.2 Å². The summed E-state index contributed by atoms with van der Waals surface area (Å²) in [7, 11) is 1.56. The predicted molar refractivity (Wildman–Crippen MR) is 93.1 cm³/mol. The van der Waals surface area contributed by atoms with Gasteiger partial charge < -0.3 is 19.5 Å². The van der Waals surface area contributed by atoms with Gasteiger partial charge in [-0.3, -0.25) is 4.79 Å². The lowest BCUT2D eigenvalue weighted by atomic mass is 10.1. The van der Waals surface area contributed by atoms with Gasteiger partial charge in [0.25, 0.3) is 0 Å². The van der Waals surface area contributed by atoms with Crippen LogP contribution in [0.25, 0.3) is 6.08 Å². The van der Waals surface area contributed by atoms with Crippen LogP contribution in [0.5, 0.6) is 17.2 Å².